The van der Waals surface area contributed by atoms with Crippen LogP contribution in [0.2, 0.25) is 0 Å². The summed E-state index contributed by atoms with van der Waals surface area (Å²) in [7, 11) is 0. The fraction of sp³-hybridized carbons (Fsp3) is 0.529. The molecule has 3 rings (SSSR count). The summed E-state index contributed by atoms with van der Waals surface area (Å²) in [6.45, 7) is 3.51. The van der Waals surface area contributed by atoms with E-state index in [9.17, 15) is 9.59 Å². The first kappa shape index (κ1) is 19.2. The van der Waals surface area contributed by atoms with Gasteiger partial charge in [-0.15, -0.1) is 12.4 Å². The van der Waals surface area contributed by atoms with Gasteiger partial charge in [0.2, 0.25) is 5.91 Å². The lowest BCUT2D eigenvalue weighted by Crippen LogP contribution is -2.51. The lowest BCUT2D eigenvalue weighted by atomic mass is 10.1. The second-order valence-corrected chi connectivity index (χ2v) is 7.09. The molecule has 1 atom stereocenters. The van der Waals surface area contributed by atoms with E-state index in [0.29, 0.717) is 44.2 Å². The Kier molecular flexibility index (Phi) is 7.07. The molecule has 0 spiro atoms. The number of nitrogens with one attached hydrogen (secondary N) is 1. The molecular weight excluding hydrogens is 394 g/mol. The molecule has 2 aliphatic heterocycles. The molecule has 1 aromatic rings. The lowest BCUT2D eigenvalue weighted by Gasteiger charge is -2.35. The number of piperazine rings is 1. The average Bonchev–Trinajstić information content (AvgIpc) is 3.08. The van der Waals surface area contributed by atoms with Crippen LogP contribution in [0.4, 0.5) is 0 Å². The van der Waals surface area contributed by atoms with Crippen LogP contribution in [0.15, 0.2) is 28.7 Å². The Morgan fingerprint density at radius 1 is 1.08 bits per heavy atom. The molecule has 1 unspecified atom stereocenters. The Morgan fingerprint density at radius 3 is 2.29 bits per heavy atom. The molecule has 24 heavy (non-hydrogen) atoms. The van der Waals surface area contributed by atoms with Crippen LogP contribution in [0.25, 0.3) is 0 Å². The van der Waals surface area contributed by atoms with Crippen molar-refractivity contribution in [2.45, 2.75) is 25.3 Å². The van der Waals surface area contributed by atoms with Gasteiger partial charge in [-0.05, 0) is 43.7 Å². The summed E-state index contributed by atoms with van der Waals surface area (Å²) in [5.41, 5.74) is 0.697. The smallest absolute Gasteiger partial charge is 0.253 e. The van der Waals surface area contributed by atoms with Crippen LogP contribution in [0.3, 0.4) is 0 Å². The second-order valence-electron chi connectivity index (χ2n) is 6.18. The quantitative estimate of drug-likeness (QED) is 0.822. The van der Waals surface area contributed by atoms with Crippen molar-refractivity contribution >= 4 is 40.2 Å². The number of carbonyl (C=O) groups is 2. The van der Waals surface area contributed by atoms with E-state index in [1.165, 1.54) is 0 Å². The van der Waals surface area contributed by atoms with Crippen molar-refractivity contribution in [3.8, 4) is 0 Å². The molecule has 7 heteroatoms. The van der Waals surface area contributed by atoms with Crippen molar-refractivity contribution in [2.75, 3.05) is 32.7 Å². The molecule has 0 aromatic heterocycles. The number of nitrogens with zero attached hydrogens (tertiary/aromatic N) is 2. The Bertz CT molecular complexity index is 568. The van der Waals surface area contributed by atoms with E-state index in [1.807, 2.05) is 34.1 Å². The van der Waals surface area contributed by atoms with E-state index in [4.69, 9.17) is 0 Å². The summed E-state index contributed by atoms with van der Waals surface area (Å²) in [6.07, 6.45) is 2.84. The zero-order valence-electron chi connectivity index (χ0n) is 13.5. The van der Waals surface area contributed by atoms with Crippen LogP contribution in [0.1, 0.15) is 29.6 Å². The first-order chi connectivity index (χ1) is 11.1. The highest BCUT2D eigenvalue weighted by Crippen LogP contribution is 2.15. The molecule has 2 aliphatic rings. The summed E-state index contributed by atoms with van der Waals surface area (Å²) in [4.78, 5) is 28.5. The molecule has 2 fully saturated rings. The maximum Gasteiger partial charge on any atom is 0.253 e. The zero-order chi connectivity index (χ0) is 16.2. The van der Waals surface area contributed by atoms with E-state index < -0.39 is 0 Å². The highest BCUT2D eigenvalue weighted by molar-refractivity contribution is 9.10. The average molecular weight is 417 g/mol. The molecule has 0 radical (unpaired) electrons. The molecule has 0 bridgehead atoms. The van der Waals surface area contributed by atoms with Gasteiger partial charge < -0.3 is 15.1 Å². The molecule has 1 N–H and O–H groups in total. The normalized spacial score (nSPS) is 20.6. The van der Waals surface area contributed by atoms with E-state index in [2.05, 4.69) is 21.2 Å². The molecule has 0 saturated carbocycles. The van der Waals surface area contributed by atoms with Crippen molar-refractivity contribution in [2.24, 2.45) is 0 Å². The molecule has 2 amide bonds. The van der Waals surface area contributed by atoms with Crippen molar-refractivity contribution in [3.05, 3.63) is 34.3 Å². The Morgan fingerprint density at radius 2 is 1.71 bits per heavy atom. The van der Waals surface area contributed by atoms with Crippen LogP contribution in [-0.2, 0) is 4.79 Å². The Hall–Kier alpha value is -1.11. The van der Waals surface area contributed by atoms with Gasteiger partial charge in [-0.1, -0.05) is 15.9 Å². The minimum absolute atomic E-state index is 0. The van der Waals surface area contributed by atoms with Gasteiger partial charge in [0.1, 0.15) is 0 Å². The molecule has 1 aromatic carbocycles. The molecule has 2 heterocycles. The molecular formula is C17H23BrClN3O2. The number of hydrogen-bond acceptors (Lipinski definition) is 3. The van der Waals surface area contributed by atoms with Gasteiger partial charge >= 0.3 is 0 Å². The fourth-order valence-electron chi connectivity index (χ4n) is 3.20. The van der Waals surface area contributed by atoms with Gasteiger partial charge in [0.05, 0.1) is 0 Å². The number of benzene rings is 1. The van der Waals surface area contributed by atoms with Gasteiger partial charge in [-0.2, -0.15) is 0 Å². The van der Waals surface area contributed by atoms with Gasteiger partial charge in [0.25, 0.3) is 5.91 Å². The maximum absolute atomic E-state index is 12.5. The first-order valence-corrected chi connectivity index (χ1v) is 8.99. The van der Waals surface area contributed by atoms with E-state index in [0.717, 1.165) is 23.9 Å². The molecule has 132 valence electrons. The zero-order valence-corrected chi connectivity index (χ0v) is 15.9. The maximum atomic E-state index is 12.5. The van der Waals surface area contributed by atoms with Crippen molar-refractivity contribution < 1.29 is 9.59 Å². The van der Waals surface area contributed by atoms with Crippen LogP contribution in [-0.4, -0.2) is 60.4 Å². The number of hydrogen-bond donors (Lipinski definition) is 1. The van der Waals surface area contributed by atoms with E-state index in [1.54, 1.807) is 0 Å². The first-order valence-electron chi connectivity index (χ1n) is 8.19. The minimum atomic E-state index is 0. The van der Waals surface area contributed by atoms with Crippen molar-refractivity contribution in [1.82, 2.24) is 15.1 Å². The molecule has 5 nitrogen and oxygen atoms in total. The van der Waals surface area contributed by atoms with Crippen LogP contribution in [0, 0.1) is 0 Å². The summed E-state index contributed by atoms with van der Waals surface area (Å²) in [6, 6.07) is 7.75. The highest BCUT2D eigenvalue weighted by Gasteiger charge is 2.27. The van der Waals surface area contributed by atoms with Crippen LogP contribution < -0.4 is 5.32 Å². The Labute approximate surface area is 157 Å². The summed E-state index contributed by atoms with van der Waals surface area (Å²) < 4.78 is 0.963. The van der Waals surface area contributed by atoms with E-state index >= 15 is 0 Å². The van der Waals surface area contributed by atoms with Gasteiger partial charge in [-0.3, -0.25) is 9.59 Å². The molecule has 2 saturated heterocycles. The third kappa shape index (κ3) is 4.71. The monoisotopic (exact) mass is 415 g/mol. The van der Waals surface area contributed by atoms with Crippen molar-refractivity contribution in [1.29, 1.82) is 0 Å². The minimum Gasteiger partial charge on any atom is -0.339 e. The van der Waals surface area contributed by atoms with Crippen LogP contribution in [0.5, 0.6) is 0 Å². The van der Waals surface area contributed by atoms with Crippen LogP contribution >= 0.6 is 28.3 Å². The number of halogens is 2. The Balaban J connectivity index is 0.00000208. The lowest BCUT2D eigenvalue weighted by molar-refractivity contribution is -0.133. The van der Waals surface area contributed by atoms with Gasteiger partial charge in [-0.25, -0.2) is 0 Å². The highest BCUT2D eigenvalue weighted by atomic mass is 79.9. The van der Waals surface area contributed by atoms with Gasteiger partial charge in [0.15, 0.2) is 0 Å². The predicted molar refractivity (Wildman–Crippen MR) is 99.5 cm³/mol. The summed E-state index contributed by atoms with van der Waals surface area (Å²) in [5, 5.41) is 3.36. The predicted octanol–water partition coefficient (Wildman–Crippen LogP) is 2.30. The summed E-state index contributed by atoms with van der Waals surface area (Å²) >= 11 is 3.38. The third-order valence-electron chi connectivity index (χ3n) is 4.59. The second kappa shape index (κ2) is 8.83. The standard InChI is InChI=1S/C17H22BrN3O2.ClH/c18-14-5-3-13(4-6-14)17(23)21-10-8-20(9-11-21)16(22)12-15-2-1-7-19-15;/h3-6,15,19H,1-2,7-12H2;1H. The van der Waals surface area contributed by atoms with Gasteiger partial charge in [0, 0.05) is 48.7 Å². The number of carbonyl (C=O) groups excluding carboxylic acids is 2. The van der Waals surface area contributed by atoms with Crippen molar-refractivity contribution in [3.63, 3.8) is 0 Å². The van der Waals surface area contributed by atoms with E-state index in [-0.39, 0.29) is 24.2 Å². The number of rotatable bonds is 3. The number of amides is 2. The third-order valence-corrected chi connectivity index (χ3v) is 5.12. The summed E-state index contributed by atoms with van der Waals surface area (Å²) in [5.74, 6) is 0.252. The topological polar surface area (TPSA) is 52.7 Å². The SMILES string of the molecule is Cl.O=C(CC1CCCN1)N1CCN(C(=O)c2ccc(Br)cc2)CC1. The molecule has 0 aliphatic carbocycles. The fourth-order valence-corrected chi connectivity index (χ4v) is 3.47. The largest absolute Gasteiger partial charge is 0.339 e.